The minimum Gasteiger partial charge on any atom is -0.506 e. The molecule has 0 saturated carbocycles. The molecule has 0 radical (unpaired) electrons. The van der Waals surface area contributed by atoms with Crippen molar-refractivity contribution in [3.63, 3.8) is 0 Å². The summed E-state index contributed by atoms with van der Waals surface area (Å²) in [5.74, 6) is -0.922. The number of nitrogens with two attached hydrogens (primary N) is 1. The van der Waals surface area contributed by atoms with E-state index in [2.05, 4.69) is 31.1 Å². The van der Waals surface area contributed by atoms with Gasteiger partial charge in [0.1, 0.15) is 5.76 Å². The lowest BCUT2D eigenvalue weighted by Crippen LogP contribution is -2.24. The van der Waals surface area contributed by atoms with Crippen LogP contribution >= 0.6 is 12.6 Å². The minimum absolute atomic E-state index is 0.102. The van der Waals surface area contributed by atoms with Gasteiger partial charge in [0.05, 0.1) is 28.2 Å². The van der Waals surface area contributed by atoms with E-state index in [0.717, 1.165) is 0 Å². The lowest BCUT2D eigenvalue weighted by atomic mass is 9.82. The van der Waals surface area contributed by atoms with Crippen molar-refractivity contribution >= 4 is 35.6 Å². The number of thiol groups is 1. The number of rotatable bonds is 4. The Morgan fingerprint density at radius 1 is 1.15 bits per heavy atom. The molecule has 3 rings (SSSR count). The summed E-state index contributed by atoms with van der Waals surface area (Å²) in [6.45, 7) is 7.05. The number of aliphatic hydroxyl groups is 1. The number of carbonyl (C=O) groups excluding carboxylic acids is 2. The number of nitrogens with one attached hydrogen (secondary N) is 1. The zero-order valence-corrected chi connectivity index (χ0v) is 14.6. The van der Waals surface area contributed by atoms with Crippen molar-refractivity contribution in [3.05, 3.63) is 89.4 Å². The molecule has 2 aromatic carbocycles. The lowest BCUT2D eigenvalue weighted by molar-refractivity contribution is 0.0980. The van der Waals surface area contributed by atoms with Gasteiger partial charge in [0.15, 0.2) is 11.6 Å². The summed E-state index contributed by atoms with van der Waals surface area (Å²) in [6.07, 6.45) is 2.95. The smallest absolute Gasteiger partial charge is 0.196 e. The Morgan fingerprint density at radius 2 is 1.73 bits per heavy atom. The second kappa shape index (κ2) is 6.57. The molecule has 0 spiro atoms. The van der Waals surface area contributed by atoms with Gasteiger partial charge in [0, 0.05) is 16.0 Å². The normalized spacial score (nSPS) is 13.0. The van der Waals surface area contributed by atoms with E-state index in [1.807, 2.05) is 0 Å². The lowest BCUT2D eigenvalue weighted by Gasteiger charge is -2.23. The molecule has 6 heteroatoms. The fourth-order valence-electron chi connectivity index (χ4n) is 2.88. The molecular formula is C20H16N2O3S. The number of fused-ring (bicyclic) bond motifs is 2. The SMILES string of the molecule is C=C/C=C(/Nc1cc(S)c(N)c2c1C(=O)c1ccccc1C2=O)C(=C)O. The van der Waals surface area contributed by atoms with Crippen LogP contribution in [0.15, 0.2) is 72.0 Å². The zero-order valence-electron chi connectivity index (χ0n) is 13.7. The number of hydrogen-bond donors (Lipinski definition) is 4. The van der Waals surface area contributed by atoms with Crippen LogP contribution in [0.5, 0.6) is 0 Å². The Bertz CT molecular complexity index is 1020. The second-order valence-electron chi connectivity index (χ2n) is 5.70. The Labute approximate surface area is 155 Å². The van der Waals surface area contributed by atoms with Crippen molar-refractivity contribution in [1.29, 1.82) is 0 Å². The Balaban J connectivity index is 2.27. The van der Waals surface area contributed by atoms with Crippen molar-refractivity contribution in [2.75, 3.05) is 11.1 Å². The number of benzene rings is 2. The van der Waals surface area contributed by atoms with Crippen molar-refractivity contribution in [2.24, 2.45) is 0 Å². The fourth-order valence-corrected chi connectivity index (χ4v) is 3.12. The maximum atomic E-state index is 13.0. The second-order valence-corrected chi connectivity index (χ2v) is 6.18. The third-order valence-corrected chi connectivity index (χ3v) is 4.45. The van der Waals surface area contributed by atoms with Gasteiger partial charge < -0.3 is 16.2 Å². The number of carbonyl (C=O) groups is 2. The number of nitrogen functional groups attached to an aromatic ring is 1. The maximum absolute atomic E-state index is 13.0. The van der Waals surface area contributed by atoms with Crippen molar-refractivity contribution in [3.8, 4) is 0 Å². The first-order valence-electron chi connectivity index (χ1n) is 7.68. The molecule has 26 heavy (non-hydrogen) atoms. The van der Waals surface area contributed by atoms with Crippen LogP contribution in [0.1, 0.15) is 31.8 Å². The largest absolute Gasteiger partial charge is 0.506 e. The fraction of sp³-hybridized carbons (Fsp3) is 0. The maximum Gasteiger partial charge on any atom is 0.196 e. The quantitative estimate of drug-likeness (QED) is 0.244. The summed E-state index contributed by atoms with van der Waals surface area (Å²) >= 11 is 4.32. The summed E-state index contributed by atoms with van der Waals surface area (Å²) in [4.78, 5) is 26.3. The number of hydrogen-bond acceptors (Lipinski definition) is 6. The Morgan fingerprint density at radius 3 is 2.27 bits per heavy atom. The van der Waals surface area contributed by atoms with E-state index in [1.165, 1.54) is 18.2 Å². The molecule has 130 valence electrons. The zero-order chi connectivity index (χ0) is 19.0. The summed E-state index contributed by atoms with van der Waals surface area (Å²) < 4.78 is 0. The number of allylic oxidation sites excluding steroid dienone is 2. The highest BCUT2D eigenvalue weighted by Crippen LogP contribution is 2.39. The van der Waals surface area contributed by atoms with Crippen molar-refractivity contribution < 1.29 is 14.7 Å². The molecule has 2 aromatic rings. The van der Waals surface area contributed by atoms with Gasteiger partial charge in [-0.15, -0.1) is 12.6 Å². The molecule has 0 saturated heterocycles. The predicted molar refractivity (Wildman–Crippen MR) is 105 cm³/mol. The van der Waals surface area contributed by atoms with Gasteiger partial charge in [-0.2, -0.15) is 0 Å². The van der Waals surface area contributed by atoms with Gasteiger partial charge in [0.2, 0.25) is 0 Å². The molecule has 0 heterocycles. The van der Waals surface area contributed by atoms with Gasteiger partial charge in [0.25, 0.3) is 0 Å². The molecule has 0 amide bonds. The van der Waals surface area contributed by atoms with Gasteiger partial charge in [-0.25, -0.2) is 0 Å². The predicted octanol–water partition coefficient (Wildman–Crippen LogP) is 3.89. The number of aliphatic hydroxyl groups excluding tert-OH is 1. The molecule has 0 aromatic heterocycles. The minimum atomic E-state index is -0.344. The molecule has 0 atom stereocenters. The molecule has 0 aliphatic heterocycles. The van der Waals surface area contributed by atoms with Crippen molar-refractivity contribution in [1.82, 2.24) is 0 Å². The van der Waals surface area contributed by atoms with E-state index >= 15 is 0 Å². The Hall–Kier alpha value is -3.25. The monoisotopic (exact) mass is 364 g/mol. The van der Waals surface area contributed by atoms with Crippen molar-refractivity contribution in [2.45, 2.75) is 4.90 Å². The Kier molecular flexibility index (Phi) is 4.44. The molecule has 0 fully saturated rings. The first-order valence-corrected chi connectivity index (χ1v) is 8.13. The van der Waals surface area contributed by atoms with E-state index in [-0.39, 0.29) is 39.8 Å². The van der Waals surface area contributed by atoms with Gasteiger partial charge in [-0.05, 0) is 12.1 Å². The summed E-state index contributed by atoms with van der Waals surface area (Å²) in [7, 11) is 0. The van der Waals surface area contributed by atoms with E-state index in [4.69, 9.17) is 5.73 Å². The van der Waals surface area contributed by atoms with Crippen LogP contribution in [0.25, 0.3) is 0 Å². The topological polar surface area (TPSA) is 92.4 Å². The van der Waals surface area contributed by atoms with Gasteiger partial charge in [-0.3, -0.25) is 9.59 Å². The van der Waals surface area contributed by atoms with Gasteiger partial charge >= 0.3 is 0 Å². The van der Waals surface area contributed by atoms with E-state index in [9.17, 15) is 14.7 Å². The van der Waals surface area contributed by atoms with Crippen LogP contribution in [-0.2, 0) is 0 Å². The summed E-state index contributed by atoms with van der Waals surface area (Å²) in [5, 5.41) is 12.7. The van der Waals surface area contributed by atoms with Crippen LogP contribution in [-0.4, -0.2) is 16.7 Å². The van der Waals surface area contributed by atoms with Crippen LogP contribution in [0.3, 0.4) is 0 Å². The summed E-state index contributed by atoms with van der Waals surface area (Å²) in [6, 6.07) is 8.11. The van der Waals surface area contributed by atoms with Crippen LogP contribution in [0, 0.1) is 0 Å². The van der Waals surface area contributed by atoms with E-state index < -0.39 is 0 Å². The van der Waals surface area contributed by atoms with Gasteiger partial charge in [-0.1, -0.05) is 43.5 Å². The molecule has 4 N–H and O–H groups in total. The van der Waals surface area contributed by atoms with E-state index in [1.54, 1.807) is 24.3 Å². The third kappa shape index (κ3) is 2.70. The first kappa shape index (κ1) is 17.6. The number of ketones is 2. The highest BCUT2D eigenvalue weighted by Gasteiger charge is 2.34. The molecular weight excluding hydrogens is 348 g/mol. The molecule has 0 unspecified atom stereocenters. The molecule has 1 aliphatic rings. The molecule has 0 bridgehead atoms. The molecule has 1 aliphatic carbocycles. The average Bonchev–Trinajstić information content (AvgIpc) is 2.62. The highest BCUT2D eigenvalue weighted by atomic mass is 32.1. The summed E-state index contributed by atoms with van der Waals surface area (Å²) in [5.41, 5.74) is 7.57. The van der Waals surface area contributed by atoms with Crippen LogP contribution < -0.4 is 11.1 Å². The number of anilines is 2. The average molecular weight is 364 g/mol. The van der Waals surface area contributed by atoms with E-state index in [0.29, 0.717) is 21.7 Å². The van der Waals surface area contributed by atoms with Crippen LogP contribution in [0.2, 0.25) is 0 Å². The van der Waals surface area contributed by atoms with Crippen LogP contribution in [0.4, 0.5) is 11.4 Å². The first-order chi connectivity index (χ1) is 12.4. The molecule has 5 nitrogen and oxygen atoms in total. The standard InChI is InChI=1S/C20H16N2O3S/c1-3-6-13(10(2)23)22-14-9-15(26)18(21)17-16(14)19(24)11-7-4-5-8-12(11)20(17)25/h3-9,22-23,26H,1-2,21H2/b13-6+. The highest BCUT2D eigenvalue weighted by molar-refractivity contribution is 7.80. The third-order valence-electron chi connectivity index (χ3n) is 4.08.